The second-order valence-corrected chi connectivity index (χ2v) is 5.98. The van der Waals surface area contributed by atoms with Crippen molar-refractivity contribution in [1.29, 1.82) is 0 Å². The highest BCUT2D eigenvalue weighted by Gasteiger charge is 2.13. The largest absolute Gasteiger partial charge is 0.388 e. The molecule has 3 rings (SSSR count). The molecule has 2 heterocycles. The summed E-state index contributed by atoms with van der Waals surface area (Å²) in [4.78, 5) is 13.0. The van der Waals surface area contributed by atoms with E-state index in [0.29, 0.717) is 6.42 Å². The highest BCUT2D eigenvalue weighted by Crippen LogP contribution is 2.24. The van der Waals surface area contributed by atoms with E-state index >= 15 is 0 Å². The van der Waals surface area contributed by atoms with Crippen LogP contribution in [0.5, 0.6) is 0 Å². The summed E-state index contributed by atoms with van der Waals surface area (Å²) in [5.41, 5.74) is 2.52. The van der Waals surface area contributed by atoms with Crippen molar-refractivity contribution in [2.45, 2.75) is 12.5 Å². The molecule has 0 amide bonds. The predicted molar refractivity (Wildman–Crippen MR) is 81.1 cm³/mol. The fourth-order valence-corrected chi connectivity index (χ4v) is 3.21. The highest BCUT2D eigenvalue weighted by atomic mass is 32.1. The summed E-state index contributed by atoms with van der Waals surface area (Å²) < 4.78 is 3.22. The fourth-order valence-electron chi connectivity index (χ4n) is 2.47. The van der Waals surface area contributed by atoms with Crippen molar-refractivity contribution < 1.29 is 5.11 Å². The maximum absolute atomic E-state index is 11.9. The van der Waals surface area contributed by atoms with Crippen molar-refractivity contribution >= 4 is 22.4 Å². The number of aryl methyl sites for hydroxylation is 2. The molecule has 0 aliphatic heterocycles. The van der Waals surface area contributed by atoms with E-state index in [2.05, 4.69) is 0 Å². The standard InChI is InChI=1S/C15H16N2O2S/c1-16-12-6-5-10(8-13(12)17(2)15(16)19)14(18)9-11-4-3-7-20-11/h3-8,14,18H,9H2,1-2H3. The quantitative estimate of drug-likeness (QED) is 0.803. The van der Waals surface area contributed by atoms with Gasteiger partial charge in [0, 0.05) is 25.4 Å². The van der Waals surface area contributed by atoms with Crippen molar-refractivity contribution in [3.63, 3.8) is 0 Å². The number of imidazole rings is 1. The number of thiophene rings is 1. The molecule has 0 spiro atoms. The van der Waals surface area contributed by atoms with Gasteiger partial charge in [0.15, 0.2) is 0 Å². The lowest BCUT2D eigenvalue weighted by molar-refractivity contribution is 0.179. The second-order valence-electron chi connectivity index (χ2n) is 4.95. The molecule has 1 aromatic carbocycles. The van der Waals surface area contributed by atoms with Gasteiger partial charge < -0.3 is 5.11 Å². The number of benzene rings is 1. The first kappa shape index (κ1) is 13.1. The Labute approximate surface area is 120 Å². The molecule has 0 saturated carbocycles. The van der Waals surface area contributed by atoms with Crippen LogP contribution in [-0.4, -0.2) is 14.2 Å². The van der Waals surface area contributed by atoms with Gasteiger partial charge in [-0.15, -0.1) is 11.3 Å². The molecule has 0 radical (unpaired) electrons. The molecule has 104 valence electrons. The molecule has 2 aromatic heterocycles. The zero-order chi connectivity index (χ0) is 14.3. The smallest absolute Gasteiger partial charge is 0.328 e. The molecule has 1 N–H and O–H groups in total. The van der Waals surface area contributed by atoms with Crippen LogP contribution >= 0.6 is 11.3 Å². The first-order valence-corrected chi connectivity index (χ1v) is 7.31. The number of aliphatic hydroxyl groups is 1. The minimum Gasteiger partial charge on any atom is -0.388 e. The van der Waals surface area contributed by atoms with Crippen LogP contribution in [0.4, 0.5) is 0 Å². The Morgan fingerprint density at radius 1 is 1.20 bits per heavy atom. The second kappa shape index (κ2) is 4.92. The molecule has 0 fully saturated rings. The van der Waals surface area contributed by atoms with Gasteiger partial charge in [-0.05, 0) is 29.1 Å². The molecule has 20 heavy (non-hydrogen) atoms. The van der Waals surface area contributed by atoms with Crippen LogP contribution in [0.3, 0.4) is 0 Å². The molecule has 3 aromatic rings. The Hall–Kier alpha value is -1.85. The lowest BCUT2D eigenvalue weighted by Crippen LogP contribution is -2.19. The fraction of sp³-hybridized carbons (Fsp3) is 0.267. The van der Waals surface area contributed by atoms with Gasteiger partial charge in [-0.1, -0.05) is 12.1 Å². The van der Waals surface area contributed by atoms with E-state index in [0.717, 1.165) is 21.5 Å². The first-order valence-electron chi connectivity index (χ1n) is 6.43. The summed E-state index contributed by atoms with van der Waals surface area (Å²) >= 11 is 1.64. The van der Waals surface area contributed by atoms with Crippen molar-refractivity contribution in [2.24, 2.45) is 14.1 Å². The van der Waals surface area contributed by atoms with Gasteiger partial charge in [0.1, 0.15) is 0 Å². The molecule has 4 nitrogen and oxygen atoms in total. The number of hydrogen-bond donors (Lipinski definition) is 1. The van der Waals surface area contributed by atoms with Crippen molar-refractivity contribution in [1.82, 2.24) is 9.13 Å². The lowest BCUT2D eigenvalue weighted by atomic mass is 10.1. The summed E-state index contributed by atoms with van der Waals surface area (Å²) in [6.07, 6.45) is 0.0533. The van der Waals surface area contributed by atoms with Crippen molar-refractivity contribution in [3.8, 4) is 0 Å². The third kappa shape index (κ3) is 2.09. The first-order chi connectivity index (χ1) is 9.58. The van der Waals surface area contributed by atoms with Gasteiger partial charge in [-0.25, -0.2) is 4.79 Å². The van der Waals surface area contributed by atoms with E-state index in [1.165, 1.54) is 0 Å². The van der Waals surface area contributed by atoms with Crippen LogP contribution in [0.15, 0.2) is 40.5 Å². The number of nitrogens with zero attached hydrogens (tertiary/aromatic N) is 2. The van der Waals surface area contributed by atoms with Crippen LogP contribution in [0.25, 0.3) is 11.0 Å². The van der Waals surface area contributed by atoms with Crippen LogP contribution in [0, 0.1) is 0 Å². The van der Waals surface area contributed by atoms with Gasteiger partial charge in [-0.3, -0.25) is 9.13 Å². The van der Waals surface area contributed by atoms with E-state index in [1.807, 2.05) is 35.7 Å². The zero-order valence-electron chi connectivity index (χ0n) is 11.4. The van der Waals surface area contributed by atoms with E-state index in [-0.39, 0.29) is 5.69 Å². The molecule has 5 heteroatoms. The number of hydrogen-bond acceptors (Lipinski definition) is 3. The summed E-state index contributed by atoms with van der Waals surface area (Å²) in [6, 6.07) is 9.68. The normalized spacial score (nSPS) is 12.9. The number of aliphatic hydroxyl groups excluding tert-OH is 1. The topological polar surface area (TPSA) is 47.2 Å². The average Bonchev–Trinajstić information content (AvgIpc) is 3.03. The van der Waals surface area contributed by atoms with Crippen LogP contribution in [0.1, 0.15) is 16.5 Å². The Morgan fingerprint density at radius 3 is 2.65 bits per heavy atom. The minimum absolute atomic E-state index is 0.0510. The van der Waals surface area contributed by atoms with E-state index < -0.39 is 6.10 Å². The molecule has 0 aliphatic carbocycles. The molecular formula is C15H16N2O2S. The average molecular weight is 288 g/mol. The summed E-state index contributed by atoms with van der Waals surface area (Å²) in [5, 5.41) is 12.3. The Kier molecular flexibility index (Phi) is 3.23. The van der Waals surface area contributed by atoms with Gasteiger partial charge in [0.25, 0.3) is 0 Å². The maximum atomic E-state index is 11.9. The summed E-state index contributed by atoms with van der Waals surface area (Å²) in [5.74, 6) is 0. The molecule has 0 bridgehead atoms. The molecule has 0 saturated heterocycles. The minimum atomic E-state index is -0.548. The van der Waals surface area contributed by atoms with Gasteiger partial charge in [0.05, 0.1) is 17.1 Å². The van der Waals surface area contributed by atoms with Gasteiger partial charge >= 0.3 is 5.69 Å². The molecule has 1 unspecified atom stereocenters. The number of rotatable bonds is 3. The SMILES string of the molecule is Cn1c(=O)n(C)c2cc(C(O)Cc3cccs3)ccc21. The zero-order valence-corrected chi connectivity index (χ0v) is 12.2. The number of aromatic nitrogens is 2. The van der Waals surface area contributed by atoms with Crippen LogP contribution in [0.2, 0.25) is 0 Å². The van der Waals surface area contributed by atoms with Crippen LogP contribution < -0.4 is 5.69 Å². The molecule has 1 atom stereocenters. The van der Waals surface area contributed by atoms with Crippen molar-refractivity contribution in [3.05, 3.63) is 56.6 Å². The Bertz CT molecular complexity index is 799. The van der Waals surface area contributed by atoms with E-state index in [4.69, 9.17) is 0 Å². The third-order valence-electron chi connectivity index (χ3n) is 3.66. The number of fused-ring (bicyclic) bond motifs is 1. The summed E-state index contributed by atoms with van der Waals surface area (Å²) in [7, 11) is 3.51. The Morgan fingerprint density at radius 2 is 1.95 bits per heavy atom. The van der Waals surface area contributed by atoms with E-state index in [9.17, 15) is 9.90 Å². The van der Waals surface area contributed by atoms with E-state index in [1.54, 1.807) is 34.6 Å². The van der Waals surface area contributed by atoms with Crippen molar-refractivity contribution in [2.75, 3.05) is 0 Å². The predicted octanol–water partition coefficient (Wildman–Crippen LogP) is 2.21. The maximum Gasteiger partial charge on any atom is 0.328 e. The molecular weight excluding hydrogens is 272 g/mol. The lowest BCUT2D eigenvalue weighted by Gasteiger charge is -2.10. The van der Waals surface area contributed by atoms with Crippen LogP contribution in [-0.2, 0) is 20.5 Å². The molecule has 0 aliphatic rings. The highest BCUT2D eigenvalue weighted by molar-refractivity contribution is 7.09. The Balaban J connectivity index is 2.00. The third-order valence-corrected chi connectivity index (χ3v) is 4.55. The van der Waals surface area contributed by atoms with Gasteiger partial charge in [0.2, 0.25) is 0 Å². The monoisotopic (exact) mass is 288 g/mol. The van der Waals surface area contributed by atoms with Gasteiger partial charge in [-0.2, -0.15) is 0 Å². The summed E-state index contributed by atoms with van der Waals surface area (Å²) in [6.45, 7) is 0.